The highest BCUT2D eigenvalue weighted by Crippen LogP contribution is 2.25. The zero-order valence-corrected chi connectivity index (χ0v) is 19.2. The maximum absolute atomic E-state index is 13.5. The van der Waals surface area contributed by atoms with Crippen LogP contribution in [0, 0.1) is 0 Å². The standard InChI is InChI=1S/C26H32N2O5/c1-3-21(27-22(26(32)33-4-2)15-14-18-10-6-5-7-11-18)24(29)28-17-20-13-9-8-12-19(20)16-23(28)25(30)31/h5-13,21-23,27H,3-4,14-17H2,1-2H3,(H,30,31)/t21-,22-,23-/m0/s1. The Morgan fingerprint density at radius 3 is 2.33 bits per heavy atom. The second-order valence-electron chi connectivity index (χ2n) is 8.25. The topological polar surface area (TPSA) is 95.9 Å². The van der Waals surface area contributed by atoms with Gasteiger partial charge in [0.1, 0.15) is 12.1 Å². The number of carboxylic acids is 1. The molecule has 0 bridgehead atoms. The van der Waals surface area contributed by atoms with Crippen LogP contribution in [0.3, 0.4) is 0 Å². The molecule has 176 valence electrons. The molecular weight excluding hydrogens is 420 g/mol. The number of ether oxygens (including phenoxy) is 1. The van der Waals surface area contributed by atoms with E-state index in [0.29, 0.717) is 19.3 Å². The number of hydrogen-bond donors (Lipinski definition) is 2. The van der Waals surface area contributed by atoms with Crippen LogP contribution in [-0.4, -0.2) is 52.6 Å². The number of carbonyl (C=O) groups is 3. The third kappa shape index (κ3) is 6.20. The van der Waals surface area contributed by atoms with E-state index in [1.54, 1.807) is 6.92 Å². The molecule has 0 aromatic heterocycles. The average Bonchev–Trinajstić information content (AvgIpc) is 2.83. The molecule has 1 heterocycles. The number of carbonyl (C=O) groups excluding carboxylic acids is 2. The minimum absolute atomic E-state index is 0.234. The molecule has 0 aliphatic carbocycles. The Kier molecular flexibility index (Phi) is 8.60. The van der Waals surface area contributed by atoms with Gasteiger partial charge in [-0.25, -0.2) is 4.79 Å². The third-order valence-corrected chi connectivity index (χ3v) is 6.06. The SMILES string of the molecule is CCOC(=O)[C@H](CCc1ccccc1)N[C@@H](CC)C(=O)N1Cc2ccccc2C[C@H]1C(=O)O. The van der Waals surface area contributed by atoms with Crippen molar-refractivity contribution in [2.45, 2.75) is 64.2 Å². The molecule has 1 aliphatic rings. The first-order chi connectivity index (χ1) is 15.9. The number of hydrogen-bond acceptors (Lipinski definition) is 5. The van der Waals surface area contributed by atoms with Crippen LogP contribution in [-0.2, 0) is 38.5 Å². The van der Waals surface area contributed by atoms with Crippen molar-refractivity contribution >= 4 is 17.8 Å². The number of nitrogens with zero attached hydrogens (tertiary/aromatic N) is 1. The van der Waals surface area contributed by atoms with E-state index in [9.17, 15) is 19.5 Å². The molecule has 0 spiro atoms. The molecule has 2 aromatic rings. The monoisotopic (exact) mass is 452 g/mol. The lowest BCUT2D eigenvalue weighted by Crippen LogP contribution is -2.57. The number of nitrogens with one attached hydrogen (secondary N) is 1. The van der Waals surface area contributed by atoms with Crippen LogP contribution in [0.2, 0.25) is 0 Å². The number of amides is 1. The van der Waals surface area contributed by atoms with Crippen molar-refractivity contribution in [2.75, 3.05) is 6.61 Å². The Morgan fingerprint density at radius 1 is 1.03 bits per heavy atom. The van der Waals surface area contributed by atoms with Gasteiger partial charge in [-0.15, -0.1) is 0 Å². The highest BCUT2D eigenvalue weighted by molar-refractivity contribution is 5.88. The highest BCUT2D eigenvalue weighted by atomic mass is 16.5. The molecule has 0 unspecified atom stereocenters. The molecule has 2 N–H and O–H groups in total. The number of aryl methyl sites for hydroxylation is 1. The molecule has 1 amide bonds. The Hall–Kier alpha value is -3.19. The van der Waals surface area contributed by atoms with Crippen LogP contribution >= 0.6 is 0 Å². The fraction of sp³-hybridized carbons (Fsp3) is 0.423. The van der Waals surface area contributed by atoms with Crippen LogP contribution in [0.4, 0.5) is 0 Å². The summed E-state index contributed by atoms with van der Waals surface area (Å²) < 4.78 is 5.25. The molecule has 7 heteroatoms. The Morgan fingerprint density at radius 2 is 1.70 bits per heavy atom. The largest absolute Gasteiger partial charge is 0.480 e. The summed E-state index contributed by atoms with van der Waals surface area (Å²) in [6.07, 6.45) is 1.81. The van der Waals surface area contributed by atoms with Crippen molar-refractivity contribution < 1.29 is 24.2 Å². The van der Waals surface area contributed by atoms with Crippen LogP contribution in [0.1, 0.15) is 43.4 Å². The number of rotatable bonds is 10. The third-order valence-electron chi connectivity index (χ3n) is 6.06. The van der Waals surface area contributed by atoms with Gasteiger partial charge in [0.05, 0.1) is 12.6 Å². The first-order valence-corrected chi connectivity index (χ1v) is 11.5. The summed E-state index contributed by atoms with van der Waals surface area (Å²) in [5, 5.41) is 13.0. The molecule has 0 saturated carbocycles. The number of esters is 1. The highest BCUT2D eigenvalue weighted by Gasteiger charge is 2.38. The van der Waals surface area contributed by atoms with Crippen molar-refractivity contribution in [3.8, 4) is 0 Å². The second kappa shape index (κ2) is 11.6. The van der Waals surface area contributed by atoms with E-state index in [1.807, 2.05) is 61.5 Å². The van der Waals surface area contributed by atoms with Gasteiger partial charge >= 0.3 is 11.9 Å². The Labute approximate surface area is 194 Å². The van der Waals surface area contributed by atoms with Gasteiger partial charge in [-0.1, -0.05) is 61.5 Å². The van der Waals surface area contributed by atoms with Crippen molar-refractivity contribution in [3.63, 3.8) is 0 Å². The van der Waals surface area contributed by atoms with Crippen LogP contribution in [0.25, 0.3) is 0 Å². The smallest absolute Gasteiger partial charge is 0.326 e. The van der Waals surface area contributed by atoms with Crippen LogP contribution in [0.5, 0.6) is 0 Å². The fourth-order valence-corrected chi connectivity index (χ4v) is 4.25. The van der Waals surface area contributed by atoms with Gasteiger partial charge in [0, 0.05) is 13.0 Å². The summed E-state index contributed by atoms with van der Waals surface area (Å²) in [4.78, 5) is 39.5. The van der Waals surface area contributed by atoms with Gasteiger partial charge in [-0.3, -0.25) is 14.9 Å². The number of benzene rings is 2. The summed E-state index contributed by atoms with van der Waals surface area (Å²) in [5.41, 5.74) is 2.98. The lowest BCUT2D eigenvalue weighted by molar-refractivity contribution is -0.153. The van der Waals surface area contributed by atoms with Gasteiger partial charge in [-0.05, 0) is 42.9 Å². The number of fused-ring (bicyclic) bond motifs is 1. The van der Waals surface area contributed by atoms with E-state index in [1.165, 1.54) is 4.90 Å². The van der Waals surface area contributed by atoms with E-state index < -0.39 is 30.1 Å². The van der Waals surface area contributed by atoms with Gasteiger partial charge in [0.25, 0.3) is 0 Å². The molecular formula is C26H32N2O5. The molecule has 2 aromatic carbocycles. The quantitative estimate of drug-likeness (QED) is 0.538. The summed E-state index contributed by atoms with van der Waals surface area (Å²) in [7, 11) is 0. The molecule has 3 rings (SSSR count). The maximum atomic E-state index is 13.5. The van der Waals surface area contributed by atoms with Crippen molar-refractivity contribution in [1.29, 1.82) is 0 Å². The van der Waals surface area contributed by atoms with Gasteiger partial charge in [0.15, 0.2) is 0 Å². The van der Waals surface area contributed by atoms with E-state index >= 15 is 0 Å². The summed E-state index contributed by atoms with van der Waals surface area (Å²) in [5.74, 6) is -1.74. The minimum Gasteiger partial charge on any atom is -0.480 e. The Bertz CT molecular complexity index is 962. The van der Waals surface area contributed by atoms with E-state index in [-0.39, 0.29) is 25.5 Å². The fourth-order valence-electron chi connectivity index (χ4n) is 4.25. The predicted octanol–water partition coefficient (Wildman–Crippen LogP) is 2.96. The predicted molar refractivity (Wildman–Crippen MR) is 125 cm³/mol. The first kappa shape index (κ1) is 24.5. The molecule has 7 nitrogen and oxygen atoms in total. The van der Waals surface area contributed by atoms with E-state index in [2.05, 4.69) is 5.32 Å². The lowest BCUT2D eigenvalue weighted by atomic mass is 9.93. The molecule has 1 aliphatic heterocycles. The maximum Gasteiger partial charge on any atom is 0.326 e. The molecule has 3 atom stereocenters. The summed E-state index contributed by atoms with van der Waals surface area (Å²) in [6, 6.07) is 15.1. The molecule has 33 heavy (non-hydrogen) atoms. The Balaban J connectivity index is 1.77. The zero-order chi connectivity index (χ0) is 23.8. The zero-order valence-electron chi connectivity index (χ0n) is 19.2. The second-order valence-corrected chi connectivity index (χ2v) is 8.25. The molecule has 0 saturated heterocycles. The van der Waals surface area contributed by atoms with Crippen molar-refractivity contribution in [2.24, 2.45) is 0 Å². The van der Waals surface area contributed by atoms with Crippen molar-refractivity contribution in [3.05, 3.63) is 71.3 Å². The van der Waals surface area contributed by atoms with Crippen molar-refractivity contribution in [1.82, 2.24) is 10.2 Å². The van der Waals surface area contributed by atoms with Crippen LogP contribution in [0.15, 0.2) is 54.6 Å². The lowest BCUT2D eigenvalue weighted by Gasteiger charge is -2.37. The molecule has 0 fully saturated rings. The van der Waals surface area contributed by atoms with E-state index in [4.69, 9.17) is 4.74 Å². The average molecular weight is 453 g/mol. The van der Waals surface area contributed by atoms with Gasteiger partial charge < -0.3 is 14.7 Å². The summed E-state index contributed by atoms with van der Waals surface area (Å²) >= 11 is 0. The number of carboxylic acid groups (broad SMARTS) is 1. The van der Waals surface area contributed by atoms with Gasteiger partial charge in [-0.2, -0.15) is 0 Å². The molecule has 0 radical (unpaired) electrons. The normalized spacial score (nSPS) is 17.0. The van der Waals surface area contributed by atoms with Gasteiger partial charge in [0.2, 0.25) is 5.91 Å². The first-order valence-electron chi connectivity index (χ1n) is 11.5. The summed E-state index contributed by atoms with van der Waals surface area (Å²) in [6.45, 7) is 4.08. The number of aliphatic carboxylic acids is 1. The van der Waals surface area contributed by atoms with Crippen LogP contribution < -0.4 is 5.32 Å². The minimum atomic E-state index is -1.03. The van der Waals surface area contributed by atoms with E-state index in [0.717, 1.165) is 16.7 Å².